The van der Waals surface area contributed by atoms with Crippen LogP contribution in [0.15, 0.2) is 22.8 Å². The Morgan fingerprint density at radius 2 is 2.30 bits per heavy atom. The van der Waals surface area contributed by atoms with Crippen LogP contribution in [0.5, 0.6) is 0 Å². The normalized spacial score (nSPS) is 10.9. The highest BCUT2D eigenvalue weighted by atomic mass is 35.5. The van der Waals surface area contributed by atoms with Crippen molar-refractivity contribution >= 4 is 44.9 Å². The summed E-state index contributed by atoms with van der Waals surface area (Å²) in [7, 11) is 0. The molecule has 3 heterocycles. The van der Waals surface area contributed by atoms with Gasteiger partial charge in [0.15, 0.2) is 0 Å². The highest BCUT2D eigenvalue weighted by Crippen LogP contribution is 2.35. The maximum absolute atomic E-state index is 12.0. The van der Waals surface area contributed by atoms with Crippen molar-refractivity contribution in [1.29, 1.82) is 0 Å². The zero-order valence-electron chi connectivity index (χ0n) is 12.6. The Labute approximate surface area is 141 Å². The maximum atomic E-state index is 12.0. The minimum atomic E-state index is -0.360. The van der Waals surface area contributed by atoms with Crippen LogP contribution in [0.2, 0.25) is 5.28 Å². The monoisotopic (exact) mass is 351 g/mol. The summed E-state index contributed by atoms with van der Waals surface area (Å²) in [6.07, 6.45) is 1.61. The number of aromatic nitrogens is 2. The quantitative estimate of drug-likeness (QED) is 0.552. The van der Waals surface area contributed by atoms with Crippen LogP contribution in [0.4, 0.5) is 5.82 Å². The summed E-state index contributed by atoms with van der Waals surface area (Å²) in [5.74, 6) is 0.980. The van der Waals surface area contributed by atoms with E-state index in [1.165, 1.54) is 11.3 Å². The molecule has 3 aromatic rings. The van der Waals surface area contributed by atoms with Gasteiger partial charge in [-0.3, -0.25) is 0 Å². The fourth-order valence-corrected chi connectivity index (χ4v) is 3.51. The molecule has 8 heteroatoms. The molecule has 0 aromatic carbocycles. The van der Waals surface area contributed by atoms with Crippen molar-refractivity contribution < 1.29 is 13.9 Å². The van der Waals surface area contributed by atoms with Crippen LogP contribution in [0.25, 0.3) is 10.2 Å². The maximum Gasteiger partial charge on any atom is 0.348 e. The third-order valence-corrected chi connectivity index (χ3v) is 4.57. The molecule has 120 valence electrons. The number of carbonyl (C=O) groups excluding carboxylic acids is 1. The zero-order chi connectivity index (χ0) is 16.4. The number of anilines is 1. The third kappa shape index (κ3) is 3.16. The average Bonchev–Trinajstić information content (AvgIpc) is 3.13. The SMILES string of the molecule is CCOC(=O)c1sc2nc(Cl)nc(NCc3ccco3)c2c1C. The van der Waals surface area contributed by atoms with Gasteiger partial charge in [0.05, 0.1) is 24.8 Å². The number of nitrogens with one attached hydrogen (secondary N) is 1. The van der Waals surface area contributed by atoms with Gasteiger partial charge in [-0.1, -0.05) is 0 Å². The van der Waals surface area contributed by atoms with Crippen LogP contribution in [-0.2, 0) is 11.3 Å². The molecule has 0 fully saturated rings. The summed E-state index contributed by atoms with van der Waals surface area (Å²) in [5.41, 5.74) is 0.780. The molecule has 6 nitrogen and oxygen atoms in total. The largest absolute Gasteiger partial charge is 0.467 e. The molecule has 0 unspecified atom stereocenters. The second kappa shape index (κ2) is 6.55. The van der Waals surface area contributed by atoms with E-state index in [1.807, 2.05) is 19.1 Å². The van der Waals surface area contributed by atoms with E-state index in [2.05, 4.69) is 15.3 Å². The molecule has 0 saturated carbocycles. The van der Waals surface area contributed by atoms with Gasteiger partial charge in [0.25, 0.3) is 0 Å². The van der Waals surface area contributed by atoms with Gasteiger partial charge < -0.3 is 14.5 Å². The van der Waals surface area contributed by atoms with Gasteiger partial charge in [-0.05, 0) is 43.1 Å². The van der Waals surface area contributed by atoms with E-state index in [0.717, 1.165) is 16.7 Å². The van der Waals surface area contributed by atoms with Gasteiger partial charge in [0.1, 0.15) is 21.3 Å². The van der Waals surface area contributed by atoms with Crippen molar-refractivity contribution in [2.24, 2.45) is 0 Å². The first-order valence-electron chi connectivity index (χ1n) is 7.00. The lowest BCUT2D eigenvalue weighted by molar-refractivity contribution is 0.0531. The molecule has 0 amide bonds. The number of nitrogens with zero attached hydrogens (tertiary/aromatic N) is 2. The van der Waals surface area contributed by atoms with Gasteiger partial charge >= 0.3 is 5.97 Å². The number of thiophene rings is 1. The van der Waals surface area contributed by atoms with Crippen molar-refractivity contribution in [3.05, 3.63) is 39.9 Å². The standard InChI is InChI=1S/C15H14ClN3O3S/c1-3-21-14(20)11-8(2)10-12(17-7-9-5-4-6-22-9)18-15(16)19-13(10)23-11/h4-6H,3,7H2,1-2H3,(H,17,18,19). The Balaban J connectivity index is 2.01. The molecule has 0 radical (unpaired) electrons. The predicted octanol–water partition coefficient (Wildman–Crippen LogP) is 4.03. The van der Waals surface area contributed by atoms with E-state index in [-0.39, 0.29) is 11.3 Å². The summed E-state index contributed by atoms with van der Waals surface area (Å²) in [6, 6.07) is 3.67. The minimum Gasteiger partial charge on any atom is -0.467 e. The number of halogens is 1. The first-order chi connectivity index (χ1) is 11.1. The number of furan rings is 1. The summed E-state index contributed by atoms with van der Waals surface area (Å²) in [4.78, 5) is 21.7. The first kappa shape index (κ1) is 15.8. The molecule has 0 aliphatic heterocycles. The number of fused-ring (bicyclic) bond motifs is 1. The van der Waals surface area contributed by atoms with Gasteiger partial charge in [-0.15, -0.1) is 11.3 Å². The lowest BCUT2D eigenvalue weighted by Gasteiger charge is -2.06. The van der Waals surface area contributed by atoms with E-state index >= 15 is 0 Å². The van der Waals surface area contributed by atoms with Crippen molar-refractivity contribution in [3.63, 3.8) is 0 Å². The van der Waals surface area contributed by atoms with Crippen LogP contribution in [0.1, 0.15) is 27.9 Å². The molecule has 0 spiro atoms. The fourth-order valence-electron chi connectivity index (χ4n) is 2.22. The number of carbonyl (C=O) groups is 1. The molecular formula is C15H14ClN3O3S. The van der Waals surface area contributed by atoms with Crippen LogP contribution in [-0.4, -0.2) is 22.5 Å². The highest BCUT2D eigenvalue weighted by Gasteiger charge is 2.21. The Bertz CT molecular complexity index is 845. The molecule has 0 saturated heterocycles. The molecule has 0 aliphatic rings. The van der Waals surface area contributed by atoms with E-state index in [4.69, 9.17) is 20.8 Å². The summed E-state index contributed by atoms with van der Waals surface area (Å²) < 4.78 is 10.4. The van der Waals surface area contributed by atoms with Gasteiger partial charge in [0, 0.05) is 0 Å². The Morgan fingerprint density at radius 1 is 1.48 bits per heavy atom. The zero-order valence-corrected chi connectivity index (χ0v) is 14.1. The lowest BCUT2D eigenvalue weighted by atomic mass is 10.2. The molecule has 23 heavy (non-hydrogen) atoms. The van der Waals surface area contributed by atoms with Gasteiger partial charge in [-0.2, -0.15) is 0 Å². The topological polar surface area (TPSA) is 77.2 Å². The Morgan fingerprint density at radius 3 is 3.00 bits per heavy atom. The van der Waals surface area contributed by atoms with Crippen LogP contribution in [0.3, 0.4) is 0 Å². The lowest BCUT2D eigenvalue weighted by Crippen LogP contribution is -2.04. The van der Waals surface area contributed by atoms with Crippen molar-refractivity contribution in [3.8, 4) is 0 Å². The summed E-state index contributed by atoms with van der Waals surface area (Å²) in [6.45, 7) is 4.40. The number of ether oxygens (including phenoxy) is 1. The molecule has 0 aliphatic carbocycles. The van der Waals surface area contributed by atoms with Gasteiger partial charge in [-0.25, -0.2) is 14.8 Å². The third-order valence-electron chi connectivity index (χ3n) is 3.23. The van der Waals surface area contributed by atoms with E-state index in [9.17, 15) is 4.79 Å². The molecule has 1 N–H and O–H groups in total. The minimum absolute atomic E-state index is 0.121. The van der Waals surface area contributed by atoms with Crippen molar-refractivity contribution in [2.45, 2.75) is 20.4 Å². The van der Waals surface area contributed by atoms with Crippen LogP contribution >= 0.6 is 22.9 Å². The Kier molecular flexibility index (Phi) is 4.49. The Hall–Kier alpha value is -2.12. The average molecular weight is 352 g/mol. The number of hydrogen-bond acceptors (Lipinski definition) is 7. The summed E-state index contributed by atoms with van der Waals surface area (Å²) >= 11 is 7.24. The number of rotatable bonds is 5. The first-order valence-corrected chi connectivity index (χ1v) is 8.19. The van der Waals surface area contributed by atoms with Crippen molar-refractivity contribution in [1.82, 2.24) is 9.97 Å². The molecule has 3 aromatic heterocycles. The van der Waals surface area contributed by atoms with Gasteiger partial charge in [0.2, 0.25) is 5.28 Å². The predicted molar refractivity (Wildman–Crippen MR) is 89.2 cm³/mol. The highest BCUT2D eigenvalue weighted by molar-refractivity contribution is 7.20. The second-order valence-corrected chi connectivity index (χ2v) is 6.07. The van der Waals surface area contributed by atoms with E-state index in [1.54, 1.807) is 13.2 Å². The fraction of sp³-hybridized carbons (Fsp3) is 0.267. The molecule has 0 atom stereocenters. The number of esters is 1. The van der Waals surface area contributed by atoms with Crippen molar-refractivity contribution in [2.75, 3.05) is 11.9 Å². The summed E-state index contributed by atoms with van der Waals surface area (Å²) in [5, 5.41) is 4.07. The smallest absolute Gasteiger partial charge is 0.348 e. The van der Waals surface area contributed by atoms with Crippen LogP contribution in [0, 0.1) is 6.92 Å². The molecular weight excluding hydrogens is 338 g/mol. The number of hydrogen-bond donors (Lipinski definition) is 1. The number of aryl methyl sites for hydroxylation is 1. The van der Waals surface area contributed by atoms with Crippen LogP contribution < -0.4 is 5.32 Å². The second-order valence-electron chi connectivity index (χ2n) is 4.73. The molecule has 0 bridgehead atoms. The van der Waals surface area contributed by atoms with E-state index < -0.39 is 0 Å². The van der Waals surface area contributed by atoms with E-state index in [0.29, 0.717) is 28.7 Å². The molecule has 3 rings (SSSR count).